The molecule has 1 aliphatic carbocycles. The number of carbonyl (C=O) groups is 1. The second kappa shape index (κ2) is 5.87. The van der Waals surface area contributed by atoms with Gasteiger partial charge in [-0.1, -0.05) is 31.5 Å². The van der Waals surface area contributed by atoms with Crippen molar-refractivity contribution in [2.45, 2.75) is 32.1 Å². The summed E-state index contributed by atoms with van der Waals surface area (Å²) < 4.78 is 13.0. The monoisotopic (exact) mass is 294 g/mol. The lowest BCUT2D eigenvalue weighted by atomic mass is 9.73. The number of hydrogen-bond acceptors (Lipinski definition) is 2. The average molecular weight is 294 g/mol. The minimum atomic E-state index is -0.739. The second-order valence-corrected chi connectivity index (χ2v) is 5.79. The Hall–Kier alpha value is -1.49. The van der Waals surface area contributed by atoms with Crippen molar-refractivity contribution in [2.24, 2.45) is 11.1 Å². The van der Waals surface area contributed by atoms with E-state index in [1.807, 2.05) is 0 Å². The van der Waals surface area contributed by atoms with E-state index < -0.39 is 5.41 Å². The molecule has 0 bridgehead atoms. The highest BCUT2D eigenvalue weighted by Gasteiger charge is 2.44. The highest BCUT2D eigenvalue weighted by Crippen LogP contribution is 2.39. The molecule has 3 nitrogen and oxygen atoms in total. The first-order valence-corrected chi connectivity index (χ1v) is 7.22. The summed E-state index contributed by atoms with van der Waals surface area (Å²) >= 11 is 5.16. The third-order valence-corrected chi connectivity index (χ3v) is 4.50. The van der Waals surface area contributed by atoms with Crippen molar-refractivity contribution in [1.29, 1.82) is 0 Å². The van der Waals surface area contributed by atoms with Crippen molar-refractivity contribution >= 4 is 28.8 Å². The van der Waals surface area contributed by atoms with Gasteiger partial charge in [-0.2, -0.15) is 0 Å². The predicted molar refractivity (Wildman–Crippen MR) is 82.1 cm³/mol. The molecule has 0 radical (unpaired) electrons. The van der Waals surface area contributed by atoms with Crippen LogP contribution in [0.1, 0.15) is 32.1 Å². The molecule has 1 aliphatic rings. The van der Waals surface area contributed by atoms with E-state index in [1.165, 1.54) is 17.0 Å². The van der Waals surface area contributed by atoms with Crippen LogP contribution in [-0.4, -0.2) is 17.9 Å². The normalized spacial score (nSPS) is 17.5. The molecule has 1 aromatic carbocycles. The fourth-order valence-electron chi connectivity index (χ4n) is 2.82. The Morgan fingerprint density at radius 2 is 1.80 bits per heavy atom. The van der Waals surface area contributed by atoms with Crippen molar-refractivity contribution in [2.75, 3.05) is 11.9 Å². The minimum absolute atomic E-state index is 0.0868. The van der Waals surface area contributed by atoms with Crippen molar-refractivity contribution < 1.29 is 9.18 Å². The molecule has 0 saturated heterocycles. The van der Waals surface area contributed by atoms with Crippen LogP contribution in [0.25, 0.3) is 0 Å². The topological polar surface area (TPSA) is 46.3 Å². The first-order chi connectivity index (χ1) is 9.47. The van der Waals surface area contributed by atoms with E-state index in [-0.39, 0.29) is 16.7 Å². The van der Waals surface area contributed by atoms with Gasteiger partial charge in [-0.05, 0) is 37.1 Å². The van der Waals surface area contributed by atoms with Crippen molar-refractivity contribution in [3.63, 3.8) is 0 Å². The number of amides is 1. The quantitative estimate of drug-likeness (QED) is 0.872. The van der Waals surface area contributed by atoms with Gasteiger partial charge in [0, 0.05) is 12.7 Å². The van der Waals surface area contributed by atoms with Gasteiger partial charge in [-0.15, -0.1) is 0 Å². The van der Waals surface area contributed by atoms with Crippen LogP contribution in [0.2, 0.25) is 0 Å². The number of benzene rings is 1. The van der Waals surface area contributed by atoms with Gasteiger partial charge < -0.3 is 10.6 Å². The van der Waals surface area contributed by atoms with Crippen LogP contribution < -0.4 is 10.6 Å². The van der Waals surface area contributed by atoms with Crippen molar-refractivity contribution in [1.82, 2.24) is 0 Å². The number of carbonyl (C=O) groups excluding carboxylic acids is 1. The van der Waals surface area contributed by atoms with Crippen LogP contribution in [0.4, 0.5) is 10.1 Å². The van der Waals surface area contributed by atoms with Gasteiger partial charge in [-0.3, -0.25) is 4.79 Å². The SMILES string of the molecule is CN(C(=O)C1(C(N)=S)CCCCC1)c1ccc(F)cc1. The Labute approximate surface area is 123 Å². The van der Waals surface area contributed by atoms with E-state index in [2.05, 4.69) is 0 Å². The summed E-state index contributed by atoms with van der Waals surface area (Å²) in [4.78, 5) is 14.6. The largest absolute Gasteiger partial charge is 0.392 e. The zero-order valence-corrected chi connectivity index (χ0v) is 12.4. The summed E-state index contributed by atoms with van der Waals surface area (Å²) in [6.07, 6.45) is 4.43. The molecule has 0 aromatic heterocycles. The fraction of sp³-hybridized carbons (Fsp3) is 0.467. The maximum atomic E-state index is 13.0. The van der Waals surface area contributed by atoms with Crippen LogP contribution in [0.15, 0.2) is 24.3 Å². The number of thiocarbonyl (C=S) groups is 1. The van der Waals surface area contributed by atoms with Crippen molar-refractivity contribution in [3.8, 4) is 0 Å². The molecule has 0 atom stereocenters. The van der Waals surface area contributed by atoms with Gasteiger partial charge in [0.15, 0.2) is 0 Å². The van der Waals surface area contributed by atoms with Crippen LogP contribution >= 0.6 is 12.2 Å². The lowest BCUT2D eigenvalue weighted by Crippen LogP contribution is -2.50. The number of hydrogen-bond donors (Lipinski definition) is 1. The molecule has 5 heteroatoms. The highest BCUT2D eigenvalue weighted by atomic mass is 32.1. The summed E-state index contributed by atoms with van der Waals surface area (Å²) in [7, 11) is 1.68. The molecule has 1 fully saturated rings. The Morgan fingerprint density at radius 3 is 2.30 bits per heavy atom. The summed E-state index contributed by atoms with van der Waals surface area (Å²) in [5.74, 6) is -0.410. The third-order valence-electron chi connectivity index (χ3n) is 4.11. The molecular formula is C15H19FN2OS. The van der Waals surface area contributed by atoms with Gasteiger partial charge in [0.2, 0.25) is 5.91 Å². The Kier molecular flexibility index (Phi) is 4.38. The molecule has 0 unspecified atom stereocenters. The molecule has 0 heterocycles. The number of nitrogens with two attached hydrogens (primary N) is 1. The Balaban J connectivity index is 2.27. The van der Waals surface area contributed by atoms with Gasteiger partial charge in [-0.25, -0.2) is 4.39 Å². The molecule has 1 aromatic rings. The lowest BCUT2D eigenvalue weighted by molar-refractivity contribution is -0.125. The molecule has 2 N–H and O–H groups in total. The summed E-state index contributed by atoms with van der Waals surface area (Å²) in [5, 5.41) is 0. The third kappa shape index (κ3) is 2.68. The van der Waals surface area contributed by atoms with Crippen LogP contribution in [-0.2, 0) is 4.79 Å². The Bertz CT molecular complexity index is 509. The van der Waals surface area contributed by atoms with Gasteiger partial charge in [0.05, 0.1) is 10.4 Å². The number of anilines is 1. The second-order valence-electron chi connectivity index (χ2n) is 5.35. The molecular weight excluding hydrogens is 275 g/mol. The van der Waals surface area contributed by atoms with Crippen LogP contribution in [0, 0.1) is 11.2 Å². The molecule has 20 heavy (non-hydrogen) atoms. The first-order valence-electron chi connectivity index (χ1n) is 6.81. The molecule has 1 amide bonds. The summed E-state index contributed by atoms with van der Waals surface area (Å²) in [6, 6.07) is 5.85. The molecule has 1 saturated carbocycles. The molecule has 2 rings (SSSR count). The average Bonchev–Trinajstić information content (AvgIpc) is 2.47. The molecule has 0 aliphatic heterocycles. The van der Waals surface area contributed by atoms with Gasteiger partial charge >= 0.3 is 0 Å². The highest BCUT2D eigenvalue weighted by molar-refractivity contribution is 7.80. The Morgan fingerprint density at radius 1 is 1.25 bits per heavy atom. The summed E-state index contributed by atoms with van der Waals surface area (Å²) in [5.41, 5.74) is 5.78. The lowest BCUT2D eigenvalue weighted by Gasteiger charge is -2.37. The van der Waals surface area contributed by atoms with E-state index >= 15 is 0 Å². The van der Waals surface area contributed by atoms with Crippen LogP contribution in [0.5, 0.6) is 0 Å². The number of halogens is 1. The zero-order chi connectivity index (χ0) is 14.8. The van der Waals surface area contributed by atoms with E-state index in [0.29, 0.717) is 18.5 Å². The summed E-state index contributed by atoms with van der Waals surface area (Å²) in [6.45, 7) is 0. The van der Waals surface area contributed by atoms with E-state index in [9.17, 15) is 9.18 Å². The molecule has 0 spiro atoms. The minimum Gasteiger partial charge on any atom is -0.392 e. The van der Waals surface area contributed by atoms with Gasteiger partial charge in [0.25, 0.3) is 0 Å². The number of rotatable bonds is 3. The number of nitrogens with zero attached hydrogens (tertiary/aromatic N) is 1. The van der Waals surface area contributed by atoms with Crippen molar-refractivity contribution in [3.05, 3.63) is 30.1 Å². The molecule has 108 valence electrons. The van der Waals surface area contributed by atoms with Crippen LogP contribution in [0.3, 0.4) is 0 Å². The first kappa shape index (κ1) is 14.9. The standard InChI is InChI=1S/C15H19FN2OS/c1-18(12-7-5-11(16)6-8-12)14(19)15(13(17)20)9-3-2-4-10-15/h5-8H,2-4,9-10H2,1H3,(H2,17,20). The van der Waals surface area contributed by atoms with E-state index in [4.69, 9.17) is 18.0 Å². The maximum absolute atomic E-state index is 13.0. The maximum Gasteiger partial charge on any atom is 0.239 e. The van der Waals surface area contributed by atoms with E-state index in [1.54, 1.807) is 19.2 Å². The fourth-order valence-corrected chi connectivity index (χ4v) is 3.12. The van der Waals surface area contributed by atoms with Gasteiger partial charge in [0.1, 0.15) is 5.82 Å². The van der Waals surface area contributed by atoms with E-state index in [0.717, 1.165) is 19.3 Å². The smallest absolute Gasteiger partial charge is 0.239 e. The predicted octanol–water partition coefficient (Wildman–Crippen LogP) is 3.03. The zero-order valence-electron chi connectivity index (χ0n) is 11.6.